The molecule has 0 fully saturated rings. The second-order valence-electron chi connectivity index (χ2n) is 6.39. The SMILES string of the molecule is C.C.CC(=O)P(C)C(C)=O.CC(=O)P(C)C(C)=O.CC(=O)P(C)C(C)=O.CC(=O)P(C)C(C)=O. The average molecular weight is 560 g/mol. The predicted molar refractivity (Wildman–Crippen MR) is 150 cm³/mol. The van der Waals surface area contributed by atoms with Gasteiger partial charge in [-0.15, -0.1) is 0 Å². The topological polar surface area (TPSA) is 137 Å². The minimum absolute atomic E-state index is 0. The van der Waals surface area contributed by atoms with Gasteiger partial charge in [0.25, 0.3) is 0 Å². The Morgan fingerprint density at radius 3 is 0.353 bits per heavy atom. The number of rotatable bonds is 8. The van der Waals surface area contributed by atoms with Crippen LogP contribution in [0.2, 0.25) is 0 Å². The highest BCUT2D eigenvalue weighted by Gasteiger charge is 2.12. The molecule has 0 aliphatic carbocycles. The lowest BCUT2D eigenvalue weighted by Crippen LogP contribution is -1.94. The van der Waals surface area contributed by atoms with Gasteiger partial charge >= 0.3 is 0 Å². The monoisotopic (exact) mass is 560 g/mol. The highest BCUT2D eigenvalue weighted by molar-refractivity contribution is 7.89. The van der Waals surface area contributed by atoms with Gasteiger partial charge in [0.05, 0.1) is 0 Å². The van der Waals surface area contributed by atoms with Gasteiger partial charge in [0.1, 0.15) is 0 Å². The lowest BCUT2D eigenvalue weighted by atomic mass is 10.9. The molecule has 0 N–H and O–H groups in total. The van der Waals surface area contributed by atoms with Crippen LogP contribution in [0.25, 0.3) is 0 Å². The van der Waals surface area contributed by atoms with E-state index in [1.807, 2.05) is 0 Å². The summed E-state index contributed by atoms with van der Waals surface area (Å²) >= 11 is 0. The highest BCUT2D eigenvalue weighted by atomic mass is 31.1. The molecule has 0 atom stereocenters. The molecule has 0 bridgehead atoms. The molecule has 0 aromatic heterocycles. The fraction of sp³-hybridized carbons (Fsp3) is 0.636. The zero-order chi connectivity index (χ0) is 26.9. The fourth-order valence-electron chi connectivity index (χ4n) is 0.887. The summed E-state index contributed by atoms with van der Waals surface area (Å²) < 4.78 is 0. The van der Waals surface area contributed by atoms with Crippen LogP contribution in [0.3, 0.4) is 0 Å². The maximum atomic E-state index is 10.4. The molecule has 0 aliphatic heterocycles. The third-order valence-corrected chi connectivity index (χ3v) is 11.3. The van der Waals surface area contributed by atoms with Gasteiger partial charge in [-0.3, -0.25) is 38.4 Å². The highest BCUT2D eigenvalue weighted by Crippen LogP contribution is 2.32. The van der Waals surface area contributed by atoms with Gasteiger partial charge in [0.2, 0.25) is 0 Å². The predicted octanol–water partition coefficient (Wildman–Crippen LogP) is 6.04. The van der Waals surface area contributed by atoms with E-state index in [9.17, 15) is 38.4 Å². The lowest BCUT2D eigenvalue weighted by Gasteiger charge is -1.98. The van der Waals surface area contributed by atoms with Crippen LogP contribution in [-0.4, -0.2) is 70.9 Å². The van der Waals surface area contributed by atoms with E-state index in [1.54, 1.807) is 26.7 Å². The Bertz CT molecular complexity index is 544. The first-order chi connectivity index (χ1) is 14.2. The van der Waals surface area contributed by atoms with Gasteiger partial charge < -0.3 is 0 Å². The molecule has 0 radical (unpaired) electrons. The summed E-state index contributed by atoms with van der Waals surface area (Å²) in [5, 5.41) is 0. The van der Waals surface area contributed by atoms with Crippen molar-refractivity contribution < 1.29 is 38.4 Å². The molecular formula is C22H44O8P4. The summed E-state index contributed by atoms with van der Waals surface area (Å²) in [7, 11) is -3.91. The molecule has 0 heterocycles. The number of carbonyl (C=O) groups excluding carboxylic acids is 8. The number of carbonyl (C=O) groups is 8. The number of hydrogen-bond acceptors (Lipinski definition) is 8. The molecule has 0 rings (SSSR count). The van der Waals surface area contributed by atoms with Crippen molar-refractivity contribution in [2.75, 3.05) is 26.7 Å². The number of hydrogen-bond donors (Lipinski definition) is 0. The van der Waals surface area contributed by atoms with Gasteiger partial charge in [-0.05, 0) is 82.0 Å². The average Bonchev–Trinajstić information content (AvgIpc) is 2.65. The normalized spacial score (nSPS) is 8.94. The Morgan fingerprint density at radius 1 is 0.294 bits per heavy atom. The lowest BCUT2D eigenvalue weighted by molar-refractivity contribution is -0.113. The molecule has 0 saturated carbocycles. The van der Waals surface area contributed by atoms with Gasteiger partial charge in [-0.25, -0.2) is 0 Å². The maximum absolute atomic E-state index is 10.4. The standard InChI is InChI=1S/4C5H9O2P.2CH4/c4*1-4(6)8(3)5(2)7;;/h4*1-3H3;2*1H4. The molecule has 0 aromatic carbocycles. The Labute approximate surface area is 211 Å². The summed E-state index contributed by atoms with van der Waals surface area (Å²) in [5.74, 6) is 0. The molecule has 0 unspecified atom stereocenters. The largest absolute Gasteiger partial charge is 0.294 e. The maximum Gasteiger partial charge on any atom is 0.158 e. The Kier molecular flexibility index (Phi) is 34.4. The Hall–Kier alpha value is -0.920. The first-order valence-electron chi connectivity index (χ1n) is 9.21. The summed E-state index contributed by atoms with van der Waals surface area (Å²) in [6.45, 7) is 18.3. The van der Waals surface area contributed by atoms with Crippen LogP contribution in [0.1, 0.15) is 70.2 Å². The summed E-state index contributed by atoms with van der Waals surface area (Å²) in [6, 6.07) is 0. The van der Waals surface area contributed by atoms with Crippen LogP contribution in [0.5, 0.6) is 0 Å². The van der Waals surface area contributed by atoms with Gasteiger partial charge in [0.15, 0.2) is 44.2 Å². The molecule has 0 spiro atoms. The van der Waals surface area contributed by atoms with Crippen LogP contribution < -0.4 is 0 Å². The van der Waals surface area contributed by atoms with Crippen LogP contribution in [0.15, 0.2) is 0 Å². The molecule has 200 valence electrons. The van der Waals surface area contributed by atoms with E-state index in [-0.39, 0.29) is 59.0 Å². The second-order valence-corrected chi connectivity index (χ2v) is 15.9. The molecule has 0 amide bonds. The molecule has 0 aromatic rings. The minimum Gasteiger partial charge on any atom is -0.294 e. The van der Waals surface area contributed by atoms with E-state index >= 15 is 0 Å². The third-order valence-electron chi connectivity index (χ3n) is 3.78. The van der Waals surface area contributed by atoms with Crippen LogP contribution >= 0.6 is 31.7 Å². The van der Waals surface area contributed by atoms with Crippen molar-refractivity contribution in [2.45, 2.75) is 70.2 Å². The van der Waals surface area contributed by atoms with Crippen LogP contribution in [0.4, 0.5) is 0 Å². The minimum atomic E-state index is -0.976. The van der Waals surface area contributed by atoms with Crippen molar-refractivity contribution in [3.05, 3.63) is 0 Å². The van der Waals surface area contributed by atoms with E-state index in [1.165, 1.54) is 55.4 Å². The van der Waals surface area contributed by atoms with Crippen LogP contribution in [0, 0.1) is 0 Å². The van der Waals surface area contributed by atoms with Gasteiger partial charge in [-0.1, -0.05) is 14.9 Å². The zero-order valence-corrected chi connectivity index (χ0v) is 24.6. The molecule has 0 aliphatic rings. The zero-order valence-electron chi connectivity index (χ0n) is 21.1. The summed E-state index contributed by atoms with van der Waals surface area (Å²) in [6.07, 6.45) is 0. The Balaban J connectivity index is -0.0000000754. The first-order valence-corrected chi connectivity index (χ1v) is 16.4. The summed E-state index contributed by atoms with van der Waals surface area (Å²) in [4.78, 5) is 83.1. The van der Waals surface area contributed by atoms with E-state index in [0.717, 1.165) is 0 Å². The van der Waals surface area contributed by atoms with E-state index in [0.29, 0.717) is 0 Å². The smallest absolute Gasteiger partial charge is 0.158 e. The van der Waals surface area contributed by atoms with Crippen molar-refractivity contribution in [3.8, 4) is 0 Å². The third kappa shape index (κ3) is 29.1. The molecule has 8 nitrogen and oxygen atoms in total. The first kappa shape index (κ1) is 46.4. The van der Waals surface area contributed by atoms with Crippen molar-refractivity contribution in [3.63, 3.8) is 0 Å². The fourth-order valence-corrected chi connectivity index (χ4v) is 2.66. The molecule has 34 heavy (non-hydrogen) atoms. The second kappa shape index (κ2) is 25.2. The molecule has 0 saturated heterocycles. The van der Waals surface area contributed by atoms with Crippen molar-refractivity contribution in [1.29, 1.82) is 0 Å². The van der Waals surface area contributed by atoms with Gasteiger partial charge in [0, 0.05) is 31.7 Å². The quantitative estimate of drug-likeness (QED) is 0.328. The van der Waals surface area contributed by atoms with Crippen LogP contribution in [-0.2, 0) is 38.4 Å². The Morgan fingerprint density at radius 2 is 0.353 bits per heavy atom. The van der Waals surface area contributed by atoms with Gasteiger partial charge in [-0.2, -0.15) is 0 Å². The van der Waals surface area contributed by atoms with Crippen molar-refractivity contribution in [1.82, 2.24) is 0 Å². The van der Waals surface area contributed by atoms with E-state index in [2.05, 4.69) is 0 Å². The van der Waals surface area contributed by atoms with E-state index < -0.39 is 31.7 Å². The molecular weight excluding hydrogens is 516 g/mol. The van der Waals surface area contributed by atoms with Crippen molar-refractivity contribution in [2.24, 2.45) is 0 Å². The van der Waals surface area contributed by atoms with Crippen molar-refractivity contribution >= 4 is 75.9 Å². The molecule has 12 heteroatoms. The van der Waals surface area contributed by atoms with E-state index in [4.69, 9.17) is 0 Å². The summed E-state index contributed by atoms with van der Waals surface area (Å²) in [5.41, 5.74) is 0.0556.